The van der Waals surface area contributed by atoms with Crippen LogP contribution in [0.15, 0.2) is 11.6 Å². The predicted molar refractivity (Wildman–Crippen MR) is 76.8 cm³/mol. The van der Waals surface area contributed by atoms with Crippen LogP contribution in [0.1, 0.15) is 40.5 Å². The van der Waals surface area contributed by atoms with E-state index in [2.05, 4.69) is 5.32 Å². The van der Waals surface area contributed by atoms with Crippen molar-refractivity contribution >= 4 is 23.4 Å². The molecule has 19 heavy (non-hydrogen) atoms. The van der Waals surface area contributed by atoms with E-state index in [-0.39, 0.29) is 23.3 Å². The van der Waals surface area contributed by atoms with E-state index in [4.69, 9.17) is 11.6 Å². The van der Waals surface area contributed by atoms with Gasteiger partial charge in [-0.05, 0) is 11.8 Å². The Bertz CT molecular complexity index is 374. The van der Waals surface area contributed by atoms with Crippen LogP contribution in [0.2, 0.25) is 0 Å². The minimum atomic E-state index is -0.475. The van der Waals surface area contributed by atoms with Crippen molar-refractivity contribution in [1.29, 1.82) is 0 Å². The zero-order valence-electron chi connectivity index (χ0n) is 12.1. The molecule has 0 aromatic rings. The molecule has 0 aromatic carbocycles. The van der Waals surface area contributed by atoms with Gasteiger partial charge in [-0.2, -0.15) is 0 Å². The van der Waals surface area contributed by atoms with E-state index in [1.807, 2.05) is 27.7 Å². The van der Waals surface area contributed by atoms with Gasteiger partial charge < -0.3 is 10.2 Å². The number of nitrogens with zero attached hydrogens (tertiary/aromatic N) is 1. The van der Waals surface area contributed by atoms with Gasteiger partial charge in [-0.3, -0.25) is 9.59 Å². The van der Waals surface area contributed by atoms with E-state index >= 15 is 0 Å². The lowest BCUT2D eigenvalue weighted by Crippen LogP contribution is -2.66. The highest BCUT2D eigenvalue weighted by atomic mass is 35.5. The van der Waals surface area contributed by atoms with Gasteiger partial charge in [0.1, 0.15) is 12.1 Å². The molecule has 1 N–H and O–H groups in total. The molecule has 0 saturated carbocycles. The summed E-state index contributed by atoms with van der Waals surface area (Å²) in [6.45, 7) is 8.23. The summed E-state index contributed by atoms with van der Waals surface area (Å²) in [7, 11) is 0. The first kappa shape index (κ1) is 16.0. The molecule has 1 rings (SSSR count). The summed E-state index contributed by atoms with van der Waals surface area (Å²) in [5, 5.41) is 2.86. The van der Waals surface area contributed by atoms with Crippen LogP contribution in [0.4, 0.5) is 0 Å². The van der Waals surface area contributed by atoms with Gasteiger partial charge in [0, 0.05) is 12.1 Å². The molecule has 1 aliphatic rings. The van der Waals surface area contributed by atoms with Gasteiger partial charge in [0.05, 0.1) is 0 Å². The number of halogens is 1. The maximum Gasteiger partial charge on any atom is 0.246 e. The first-order chi connectivity index (χ1) is 8.82. The second-order valence-corrected chi connectivity index (χ2v) is 6.22. The Morgan fingerprint density at radius 3 is 2.47 bits per heavy atom. The molecular formula is C14H23ClN2O2. The molecule has 0 aliphatic carbocycles. The third kappa shape index (κ3) is 3.72. The average molecular weight is 287 g/mol. The standard InChI is InChI=1S/C14H23ClN2O2/c1-5-7-10-12(18)16-11(14(2,3)4)13(19)17(10)9-6-8-15/h6,8,10-11H,5,7,9H2,1-4H3,(H,16,18)/b8-6+. The van der Waals surface area contributed by atoms with Crippen molar-refractivity contribution in [3.63, 3.8) is 0 Å². The van der Waals surface area contributed by atoms with Crippen molar-refractivity contribution in [3.8, 4) is 0 Å². The Labute approximate surface area is 120 Å². The van der Waals surface area contributed by atoms with E-state index in [1.54, 1.807) is 11.0 Å². The number of carbonyl (C=O) groups excluding carboxylic acids is 2. The second-order valence-electron chi connectivity index (χ2n) is 5.96. The Kier molecular flexibility index (Phi) is 5.41. The number of nitrogens with one attached hydrogen (secondary N) is 1. The quantitative estimate of drug-likeness (QED) is 0.862. The van der Waals surface area contributed by atoms with Gasteiger partial charge >= 0.3 is 0 Å². The Morgan fingerprint density at radius 2 is 2.00 bits per heavy atom. The van der Waals surface area contributed by atoms with Gasteiger partial charge in [0.25, 0.3) is 0 Å². The third-order valence-corrected chi connectivity index (χ3v) is 3.49. The Hall–Kier alpha value is -1.03. The van der Waals surface area contributed by atoms with Gasteiger partial charge in [0.2, 0.25) is 11.8 Å². The lowest BCUT2D eigenvalue weighted by molar-refractivity contribution is -0.152. The smallest absolute Gasteiger partial charge is 0.246 e. The SMILES string of the molecule is CCCC1C(=O)NC(C(C)(C)C)C(=O)N1C/C=C/Cl. The molecule has 1 fully saturated rings. The van der Waals surface area contributed by atoms with Crippen molar-refractivity contribution < 1.29 is 9.59 Å². The normalized spacial score (nSPS) is 25.0. The molecule has 2 amide bonds. The van der Waals surface area contributed by atoms with Crippen molar-refractivity contribution in [2.24, 2.45) is 5.41 Å². The van der Waals surface area contributed by atoms with Crippen LogP contribution < -0.4 is 5.32 Å². The summed E-state index contributed by atoms with van der Waals surface area (Å²) >= 11 is 5.54. The molecule has 2 atom stereocenters. The molecule has 108 valence electrons. The molecular weight excluding hydrogens is 264 g/mol. The molecule has 1 aliphatic heterocycles. The zero-order valence-corrected chi connectivity index (χ0v) is 12.8. The van der Waals surface area contributed by atoms with Crippen LogP contribution in [0.3, 0.4) is 0 Å². The van der Waals surface area contributed by atoms with Crippen LogP contribution in [0, 0.1) is 5.41 Å². The summed E-state index contributed by atoms with van der Waals surface area (Å²) in [5.74, 6) is -0.0929. The van der Waals surface area contributed by atoms with E-state index in [0.29, 0.717) is 13.0 Å². The fourth-order valence-electron chi connectivity index (χ4n) is 2.28. The number of hydrogen-bond donors (Lipinski definition) is 1. The van der Waals surface area contributed by atoms with E-state index in [1.165, 1.54) is 5.54 Å². The van der Waals surface area contributed by atoms with Crippen LogP contribution in [0.25, 0.3) is 0 Å². The van der Waals surface area contributed by atoms with Crippen molar-refractivity contribution in [3.05, 3.63) is 11.6 Å². The lowest BCUT2D eigenvalue weighted by Gasteiger charge is -2.43. The second kappa shape index (κ2) is 6.42. The number of rotatable bonds is 4. The van der Waals surface area contributed by atoms with Gasteiger partial charge in [-0.25, -0.2) is 0 Å². The summed E-state index contributed by atoms with van der Waals surface area (Å²) < 4.78 is 0. The molecule has 1 saturated heterocycles. The zero-order chi connectivity index (χ0) is 14.6. The van der Waals surface area contributed by atoms with Gasteiger partial charge in [-0.1, -0.05) is 51.8 Å². The maximum atomic E-state index is 12.5. The molecule has 0 radical (unpaired) electrons. The highest BCUT2D eigenvalue weighted by Crippen LogP contribution is 2.26. The van der Waals surface area contributed by atoms with Crippen LogP contribution in [-0.2, 0) is 9.59 Å². The van der Waals surface area contributed by atoms with Crippen molar-refractivity contribution in [2.75, 3.05) is 6.54 Å². The lowest BCUT2D eigenvalue weighted by atomic mass is 9.83. The molecule has 2 unspecified atom stereocenters. The fourth-order valence-corrected chi connectivity index (χ4v) is 2.36. The Balaban J connectivity index is 3.01. The summed E-state index contributed by atoms with van der Waals surface area (Å²) in [6, 6.07) is -0.860. The average Bonchev–Trinajstić information content (AvgIpc) is 2.31. The molecule has 5 heteroatoms. The molecule has 0 bridgehead atoms. The monoisotopic (exact) mass is 286 g/mol. The van der Waals surface area contributed by atoms with Crippen molar-refractivity contribution in [2.45, 2.75) is 52.6 Å². The summed E-state index contributed by atoms with van der Waals surface area (Å²) in [6.07, 6.45) is 3.22. The number of amides is 2. The molecule has 4 nitrogen and oxygen atoms in total. The van der Waals surface area contributed by atoms with Crippen molar-refractivity contribution in [1.82, 2.24) is 10.2 Å². The predicted octanol–water partition coefficient (Wildman–Crippen LogP) is 2.28. The number of piperazine rings is 1. The number of carbonyl (C=O) groups is 2. The highest BCUT2D eigenvalue weighted by Gasteiger charge is 2.44. The largest absolute Gasteiger partial charge is 0.342 e. The van der Waals surface area contributed by atoms with E-state index in [9.17, 15) is 9.59 Å². The highest BCUT2D eigenvalue weighted by molar-refractivity contribution is 6.25. The van der Waals surface area contributed by atoms with Gasteiger partial charge in [-0.15, -0.1) is 0 Å². The maximum absolute atomic E-state index is 12.5. The number of hydrogen-bond acceptors (Lipinski definition) is 2. The fraction of sp³-hybridized carbons (Fsp3) is 0.714. The minimum Gasteiger partial charge on any atom is -0.342 e. The van der Waals surface area contributed by atoms with Crippen LogP contribution in [0.5, 0.6) is 0 Å². The summed E-state index contributed by atoms with van der Waals surface area (Å²) in [4.78, 5) is 26.4. The van der Waals surface area contributed by atoms with E-state index in [0.717, 1.165) is 6.42 Å². The van der Waals surface area contributed by atoms with Gasteiger partial charge in [0.15, 0.2) is 0 Å². The molecule has 0 aromatic heterocycles. The third-order valence-electron chi connectivity index (χ3n) is 3.31. The van der Waals surface area contributed by atoms with Crippen LogP contribution >= 0.6 is 11.6 Å². The van der Waals surface area contributed by atoms with Crippen LogP contribution in [-0.4, -0.2) is 35.3 Å². The first-order valence-corrected chi connectivity index (χ1v) is 7.12. The molecule has 1 heterocycles. The van der Waals surface area contributed by atoms with E-state index < -0.39 is 6.04 Å². The first-order valence-electron chi connectivity index (χ1n) is 6.69. The minimum absolute atomic E-state index is 0.0275. The Morgan fingerprint density at radius 1 is 1.37 bits per heavy atom. The topological polar surface area (TPSA) is 49.4 Å². The summed E-state index contributed by atoms with van der Waals surface area (Å²) in [5.41, 5.74) is 1.09. The molecule has 0 spiro atoms.